The van der Waals surface area contributed by atoms with Crippen molar-refractivity contribution in [3.8, 4) is 0 Å². The molecule has 3 amide bonds. The lowest BCUT2D eigenvalue weighted by molar-refractivity contribution is 0.0528. The van der Waals surface area contributed by atoms with E-state index in [1.165, 1.54) is 0 Å². The van der Waals surface area contributed by atoms with Crippen LogP contribution in [0.25, 0.3) is 0 Å². The van der Waals surface area contributed by atoms with E-state index < -0.39 is 11.7 Å². The van der Waals surface area contributed by atoms with Gasteiger partial charge in [0.15, 0.2) is 0 Å². The molecule has 0 radical (unpaired) electrons. The molecule has 0 aliphatic rings. The molecule has 6 nitrogen and oxygen atoms in total. The summed E-state index contributed by atoms with van der Waals surface area (Å²) in [7, 11) is 0. The Bertz CT molecular complexity index is 530. The molecule has 0 saturated heterocycles. The van der Waals surface area contributed by atoms with Gasteiger partial charge in [0, 0.05) is 24.7 Å². The smallest absolute Gasteiger partial charge is 0.407 e. The molecule has 1 aromatic carbocycles. The number of halogens is 1. The lowest BCUT2D eigenvalue weighted by Gasteiger charge is -2.19. The second kappa shape index (κ2) is 9.25. The summed E-state index contributed by atoms with van der Waals surface area (Å²) in [6.07, 6.45) is 0.199. The van der Waals surface area contributed by atoms with Gasteiger partial charge in [-0.05, 0) is 44.9 Å². The van der Waals surface area contributed by atoms with E-state index in [4.69, 9.17) is 16.3 Å². The Kier molecular flexibility index (Phi) is 7.68. The van der Waals surface area contributed by atoms with E-state index in [-0.39, 0.29) is 6.03 Å². The number of nitrogens with one attached hydrogen (secondary N) is 3. The van der Waals surface area contributed by atoms with Crippen LogP contribution in [-0.4, -0.2) is 37.4 Å². The van der Waals surface area contributed by atoms with Gasteiger partial charge in [0.2, 0.25) is 0 Å². The fourth-order valence-electron chi connectivity index (χ4n) is 1.73. The number of amides is 3. The number of ether oxygens (including phenoxy) is 1. The molecule has 0 unspecified atom stereocenters. The van der Waals surface area contributed by atoms with Gasteiger partial charge in [-0.1, -0.05) is 23.7 Å². The largest absolute Gasteiger partial charge is 0.444 e. The van der Waals surface area contributed by atoms with E-state index in [1.54, 1.807) is 20.8 Å². The predicted octanol–water partition coefficient (Wildman–Crippen LogP) is 2.71. The van der Waals surface area contributed by atoms with Gasteiger partial charge in [-0.15, -0.1) is 0 Å². The van der Waals surface area contributed by atoms with Gasteiger partial charge in [-0.2, -0.15) is 0 Å². The van der Waals surface area contributed by atoms with Crippen LogP contribution in [0.3, 0.4) is 0 Å². The number of hydrogen-bond acceptors (Lipinski definition) is 3. The van der Waals surface area contributed by atoms with Gasteiger partial charge >= 0.3 is 12.1 Å². The molecule has 1 rings (SSSR count). The number of rotatable bonds is 6. The van der Waals surface area contributed by atoms with Crippen LogP contribution in [0.4, 0.5) is 9.59 Å². The molecule has 7 heteroatoms. The van der Waals surface area contributed by atoms with E-state index in [2.05, 4.69) is 16.0 Å². The first-order valence-electron chi connectivity index (χ1n) is 7.49. The average molecular weight is 342 g/mol. The zero-order chi connectivity index (χ0) is 17.3. The maximum absolute atomic E-state index is 11.6. The minimum Gasteiger partial charge on any atom is -0.444 e. The van der Waals surface area contributed by atoms with E-state index >= 15 is 0 Å². The Morgan fingerprint density at radius 2 is 1.74 bits per heavy atom. The molecule has 128 valence electrons. The van der Waals surface area contributed by atoms with Crippen LogP contribution in [0.5, 0.6) is 0 Å². The first kappa shape index (κ1) is 19.1. The fourth-order valence-corrected chi connectivity index (χ4v) is 1.94. The number of hydrogen-bond donors (Lipinski definition) is 3. The number of carbonyl (C=O) groups is 2. The Labute approximate surface area is 141 Å². The number of benzene rings is 1. The van der Waals surface area contributed by atoms with Crippen molar-refractivity contribution in [2.75, 3.05) is 19.6 Å². The van der Waals surface area contributed by atoms with Crippen molar-refractivity contribution in [1.29, 1.82) is 0 Å². The molecule has 0 fully saturated rings. The zero-order valence-electron chi connectivity index (χ0n) is 13.7. The topological polar surface area (TPSA) is 79.5 Å². The van der Waals surface area contributed by atoms with Gasteiger partial charge in [-0.3, -0.25) is 0 Å². The monoisotopic (exact) mass is 341 g/mol. The quantitative estimate of drug-likeness (QED) is 0.696. The average Bonchev–Trinajstić information content (AvgIpc) is 2.42. The summed E-state index contributed by atoms with van der Waals surface area (Å²) in [4.78, 5) is 23.0. The van der Waals surface area contributed by atoms with Gasteiger partial charge in [0.1, 0.15) is 5.60 Å². The Morgan fingerprint density at radius 3 is 2.39 bits per heavy atom. The van der Waals surface area contributed by atoms with Crippen LogP contribution in [0.15, 0.2) is 24.3 Å². The van der Waals surface area contributed by atoms with Crippen molar-refractivity contribution in [3.05, 3.63) is 34.9 Å². The highest BCUT2D eigenvalue weighted by atomic mass is 35.5. The normalized spacial score (nSPS) is 10.8. The third-order valence-electron chi connectivity index (χ3n) is 2.67. The highest BCUT2D eigenvalue weighted by molar-refractivity contribution is 6.30. The molecule has 0 heterocycles. The second-order valence-electron chi connectivity index (χ2n) is 5.99. The van der Waals surface area contributed by atoms with E-state index in [1.807, 2.05) is 24.3 Å². The molecule has 0 spiro atoms. The molecule has 0 bridgehead atoms. The van der Waals surface area contributed by atoms with Crippen molar-refractivity contribution >= 4 is 23.7 Å². The van der Waals surface area contributed by atoms with Crippen molar-refractivity contribution in [3.63, 3.8) is 0 Å². The molecular weight excluding hydrogens is 318 g/mol. The summed E-state index contributed by atoms with van der Waals surface area (Å²) < 4.78 is 5.08. The summed E-state index contributed by atoms with van der Waals surface area (Å²) in [6.45, 7) is 6.50. The first-order chi connectivity index (χ1) is 10.8. The molecule has 3 N–H and O–H groups in total. The molecule has 0 atom stereocenters. The van der Waals surface area contributed by atoms with Crippen LogP contribution >= 0.6 is 11.6 Å². The minimum absolute atomic E-state index is 0.280. The third-order valence-corrected chi connectivity index (χ3v) is 2.90. The fraction of sp³-hybridized carbons (Fsp3) is 0.500. The maximum atomic E-state index is 11.6. The van der Waals surface area contributed by atoms with Crippen molar-refractivity contribution in [1.82, 2.24) is 16.0 Å². The summed E-state index contributed by atoms with van der Waals surface area (Å²) in [6, 6.07) is 7.23. The number of urea groups is 1. The van der Waals surface area contributed by atoms with E-state index in [9.17, 15) is 9.59 Å². The Hall–Kier alpha value is -1.95. The molecule has 0 aromatic heterocycles. The van der Waals surface area contributed by atoms with Crippen LogP contribution < -0.4 is 16.0 Å². The molecule has 0 saturated carbocycles. The highest BCUT2D eigenvalue weighted by Crippen LogP contribution is 2.10. The van der Waals surface area contributed by atoms with Crippen molar-refractivity contribution < 1.29 is 14.3 Å². The number of carbonyl (C=O) groups excluding carboxylic acids is 2. The minimum atomic E-state index is -0.533. The van der Waals surface area contributed by atoms with Crippen LogP contribution in [0.2, 0.25) is 5.02 Å². The Morgan fingerprint density at radius 1 is 1.09 bits per heavy atom. The summed E-state index contributed by atoms with van der Waals surface area (Å²) in [5.41, 5.74) is 0.527. The van der Waals surface area contributed by atoms with Crippen molar-refractivity contribution in [2.45, 2.75) is 32.8 Å². The molecule has 0 aliphatic heterocycles. The molecule has 0 aliphatic carbocycles. The lowest BCUT2D eigenvalue weighted by Crippen LogP contribution is -2.41. The molecule has 1 aromatic rings. The summed E-state index contributed by atoms with van der Waals surface area (Å²) >= 11 is 5.89. The molecule has 23 heavy (non-hydrogen) atoms. The van der Waals surface area contributed by atoms with Gasteiger partial charge in [0.25, 0.3) is 0 Å². The van der Waals surface area contributed by atoms with Gasteiger partial charge < -0.3 is 20.7 Å². The van der Waals surface area contributed by atoms with Crippen LogP contribution in [0, 0.1) is 0 Å². The van der Waals surface area contributed by atoms with Crippen LogP contribution in [-0.2, 0) is 11.2 Å². The second-order valence-corrected chi connectivity index (χ2v) is 6.43. The van der Waals surface area contributed by atoms with Crippen LogP contribution in [0.1, 0.15) is 26.3 Å². The standard InChI is InChI=1S/C16H24ClN3O3/c1-16(2,3)23-15(22)20-10-9-19-14(21)18-8-7-12-5-4-6-13(17)11-12/h4-6,11H,7-10H2,1-3H3,(H,20,22)(H2,18,19,21). The predicted molar refractivity (Wildman–Crippen MR) is 90.8 cm³/mol. The number of alkyl carbamates (subject to hydrolysis) is 1. The van der Waals surface area contributed by atoms with Gasteiger partial charge in [-0.25, -0.2) is 9.59 Å². The highest BCUT2D eigenvalue weighted by Gasteiger charge is 2.15. The maximum Gasteiger partial charge on any atom is 0.407 e. The van der Waals surface area contributed by atoms with E-state index in [0.717, 1.165) is 5.56 Å². The van der Waals surface area contributed by atoms with E-state index in [0.29, 0.717) is 31.1 Å². The molecular formula is C16H24ClN3O3. The summed E-state index contributed by atoms with van der Waals surface area (Å²) in [5.74, 6) is 0. The first-order valence-corrected chi connectivity index (χ1v) is 7.87. The van der Waals surface area contributed by atoms with Crippen molar-refractivity contribution in [2.24, 2.45) is 0 Å². The van der Waals surface area contributed by atoms with Gasteiger partial charge in [0.05, 0.1) is 0 Å². The zero-order valence-corrected chi connectivity index (χ0v) is 14.5. The third kappa shape index (κ3) is 9.63. The SMILES string of the molecule is CC(C)(C)OC(=O)NCCNC(=O)NCCc1cccc(Cl)c1. The summed E-state index contributed by atoms with van der Waals surface area (Å²) in [5, 5.41) is 8.64. The lowest BCUT2D eigenvalue weighted by atomic mass is 10.1. The Balaban J connectivity index is 2.10.